The molecule has 0 aliphatic carbocycles. The van der Waals surface area contributed by atoms with Gasteiger partial charge in [-0.25, -0.2) is 4.89 Å². The lowest BCUT2D eigenvalue weighted by atomic mass is 9.68. The summed E-state index contributed by atoms with van der Waals surface area (Å²) < 4.78 is 0. The summed E-state index contributed by atoms with van der Waals surface area (Å²) >= 11 is 12.3. The van der Waals surface area contributed by atoms with Crippen molar-refractivity contribution in [3.63, 3.8) is 0 Å². The van der Waals surface area contributed by atoms with E-state index in [0.29, 0.717) is 16.6 Å². The number of nitrogens with zero attached hydrogens (tertiary/aromatic N) is 1. The summed E-state index contributed by atoms with van der Waals surface area (Å²) in [4.78, 5) is 27.1. The molecule has 2 saturated heterocycles. The number of benzene rings is 3. The highest BCUT2D eigenvalue weighted by Crippen LogP contribution is 2.56. The minimum Gasteiger partial charge on any atom is -0.361 e. The Kier molecular flexibility index (Phi) is 5.51. The fourth-order valence-corrected chi connectivity index (χ4v) is 5.11. The lowest BCUT2D eigenvalue weighted by Gasteiger charge is -2.48. The third-order valence-corrected chi connectivity index (χ3v) is 7.29. The third kappa shape index (κ3) is 3.65. The van der Waals surface area contributed by atoms with E-state index in [9.17, 15) is 9.90 Å². The molecule has 5 rings (SSSR count). The maximum atomic E-state index is 13.7. The molecule has 2 atom stereocenters. The first-order valence-corrected chi connectivity index (χ1v) is 11.5. The Morgan fingerprint density at radius 3 is 1.97 bits per heavy atom. The van der Waals surface area contributed by atoms with Crippen LogP contribution < -0.4 is 0 Å². The van der Waals surface area contributed by atoms with E-state index in [4.69, 9.17) is 33.0 Å². The number of β-amino-alcohol motifs (C(OH)–C–C–N with tert-alkyl or cyclic N) is 1. The van der Waals surface area contributed by atoms with E-state index in [1.165, 1.54) is 0 Å². The minimum absolute atomic E-state index is 0.00848. The van der Waals surface area contributed by atoms with E-state index in [1.807, 2.05) is 54.6 Å². The summed E-state index contributed by atoms with van der Waals surface area (Å²) in [6.07, 6.45) is 0.171. The molecule has 33 heavy (non-hydrogen) atoms. The van der Waals surface area contributed by atoms with Gasteiger partial charge in [0.05, 0.1) is 6.54 Å². The number of rotatable bonds is 4. The third-order valence-electron chi connectivity index (χ3n) is 6.79. The predicted molar refractivity (Wildman–Crippen MR) is 125 cm³/mol. The Balaban J connectivity index is 1.57. The van der Waals surface area contributed by atoms with Crippen molar-refractivity contribution in [3.05, 3.63) is 106 Å². The smallest absolute Gasteiger partial charge is 0.234 e. The largest absolute Gasteiger partial charge is 0.361 e. The van der Waals surface area contributed by atoms with Gasteiger partial charge in [0, 0.05) is 23.0 Å². The summed E-state index contributed by atoms with van der Waals surface area (Å²) in [5, 5.41) is 12.6. The lowest BCUT2D eigenvalue weighted by Crippen LogP contribution is -2.58. The maximum absolute atomic E-state index is 13.7. The van der Waals surface area contributed by atoms with Gasteiger partial charge in [-0.05, 0) is 47.9 Å². The van der Waals surface area contributed by atoms with Crippen LogP contribution in [0.4, 0.5) is 0 Å². The first-order chi connectivity index (χ1) is 15.8. The summed E-state index contributed by atoms with van der Waals surface area (Å²) in [5.74, 6) is -1.98. The lowest BCUT2D eigenvalue weighted by molar-refractivity contribution is -0.500. The molecular formula is C26H23Cl2NO4. The van der Waals surface area contributed by atoms with Gasteiger partial charge in [-0.3, -0.25) is 4.79 Å². The molecule has 0 radical (unpaired) electrons. The molecular weight excluding hydrogens is 461 g/mol. The van der Waals surface area contributed by atoms with Crippen molar-refractivity contribution in [2.24, 2.45) is 5.41 Å². The molecule has 2 aliphatic rings. The number of hydrogen-bond acceptors (Lipinski definition) is 4. The normalized spacial score (nSPS) is 26.3. The second-order valence-corrected chi connectivity index (χ2v) is 9.82. The zero-order chi connectivity index (χ0) is 23.3. The summed E-state index contributed by atoms with van der Waals surface area (Å²) in [6.45, 7) is 2.12. The minimum atomic E-state index is -1.79. The van der Waals surface area contributed by atoms with Gasteiger partial charge in [0.25, 0.3) is 0 Å². The summed E-state index contributed by atoms with van der Waals surface area (Å²) in [5.41, 5.74) is 0.0892. The monoisotopic (exact) mass is 483 g/mol. The van der Waals surface area contributed by atoms with Gasteiger partial charge in [0.15, 0.2) is 5.60 Å². The van der Waals surface area contributed by atoms with Gasteiger partial charge in [-0.1, -0.05) is 77.8 Å². The van der Waals surface area contributed by atoms with E-state index >= 15 is 0 Å². The number of carbonyl (C=O) groups is 1. The molecule has 5 nitrogen and oxygen atoms in total. The van der Waals surface area contributed by atoms with E-state index in [2.05, 4.69) is 0 Å². The molecule has 2 fully saturated rings. The van der Waals surface area contributed by atoms with E-state index in [-0.39, 0.29) is 18.9 Å². The molecule has 0 saturated carbocycles. The van der Waals surface area contributed by atoms with Crippen molar-refractivity contribution in [3.8, 4) is 0 Å². The van der Waals surface area contributed by atoms with Crippen LogP contribution in [-0.2, 0) is 26.7 Å². The van der Waals surface area contributed by atoms with Gasteiger partial charge in [-0.15, -0.1) is 0 Å². The Labute approximate surface area is 202 Å². The first kappa shape index (κ1) is 22.4. The Hall–Kier alpha value is -2.41. The van der Waals surface area contributed by atoms with Crippen LogP contribution in [-0.4, -0.2) is 28.2 Å². The zero-order valence-corrected chi connectivity index (χ0v) is 19.5. The highest BCUT2D eigenvalue weighted by molar-refractivity contribution is 6.30. The molecule has 1 N–H and O–H groups in total. The number of likely N-dealkylation sites (tertiary alicyclic amines) is 1. The molecule has 3 aromatic rings. The fourth-order valence-electron chi connectivity index (χ4n) is 4.86. The van der Waals surface area contributed by atoms with Crippen LogP contribution in [0, 0.1) is 5.41 Å². The number of fused-ring (bicyclic) bond motifs is 1. The van der Waals surface area contributed by atoms with Gasteiger partial charge >= 0.3 is 0 Å². The highest BCUT2D eigenvalue weighted by atomic mass is 35.5. The van der Waals surface area contributed by atoms with Crippen molar-refractivity contribution in [2.45, 2.75) is 31.3 Å². The van der Waals surface area contributed by atoms with E-state index in [1.54, 1.807) is 36.1 Å². The molecule has 2 unspecified atom stereocenters. The number of amides is 1. The van der Waals surface area contributed by atoms with Crippen molar-refractivity contribution >= 4 is 29.1 Å². The van der Waals surface area contributed by atoms with Crippen molar-refractivity contribution < 1.29 is 19.7 Å². The Morgan fingerprint density at radius 2 is 1.42 bits per heavy atom. The standard InChI is InChI=1S/C26H23Cl2NO4/c1-24-16-25(19-7-11-21(27)12-8-19,20-9-13-22(28)14-10-20)32-33-26(24,31)17-29(23(24)30)15-18-5-3-2-4-6-18/h2-14,31H,15-17H2,1H3. The van der Waals surface area contributed by atoms with E-state index < -0.39 is 16.8 Å². The average molecular weight is 484 g/mol. The molecule has 2 heterocycles. The molecule has 1 amide bonds. The van der Waals surface area contributed by atoms with Crippen molar-refractivity contribution in [1.82, 2.24) is 4.90 Å². The van der Waals surface area contributed by atoms with Crippen LogP contribution in [0.2, 0.25) is 10.0 Å². The van der Waals surface area contributed by atoms with Crippen LogP contribution in [0.1, 0.15) is 30.0 Å². The molecule has 2 aliphatic heterocycles. The zero-order valence-electron chi connectivity index (χ0n) is 18.0. The molecule has 3 aromatic carbocycles. The van der Waals surface area contributed by atoms with Crippen LogP contribution >= 0.6 is 23.2 Å². The maximum Gasteiger partial charge on any atom is 0.234 e. The van der Waals surface area contributed by atoms with Gasteiger partial charge in [-0.2, -0.15) is 4.89 Å². The van der Waals surface area contributed by atoms with Crippen LogP contribution in [0.5, 0.6) is 0 Å². The highest BCUT2D eigenvalue weighted by Gasteiger charge is 2.69. The first-order valence-electron chi connectivity index (χ1n) is 10.7. The predicted octanol–water partition coefficient (Wildman–Crippen LogP) is 5.33. The quantitative estimate of drug-likeness (QED) is 0.509. The van der Waals surface area contributed by atoms with Crippen LogP contribution in [0.15, 0.2) is 78.9 Å². The fraction of sp³-hybridized carbons (Fsp3) is 0.269. The Bertz CT molecular complexity index is 1120. The Morgan fingerprint density at radius 1 is 0.879 bits per heavy atom. The second-order valence-electron chi connectivity index (χ2n) is 8.95. The van der Waals surface area contributed by atoms with Crippen LogP contribution in [0.3, 0.4) is 0 Å². The molecule has 170 valence electrons. The van der Waals surface area contributed by atoms with Crippen LogP contribution in [0.25, 0.3) is 0 Å². The van der Waals surface area contributed by atoms with Crippen molar-refractivity contribution in [1.29, 1.82) is 0 Å². The average Bonchev–Trinajstić information content (AvgIpc) is 3.00. The molecule has 0 bridgehead atoms. The second kappa shape index (κ2) is 8.12. The number of aliphatic hydroxyl groups is 1. The van der Waals surface area contributed by atoms with Gasteiger partial charge in [0.1, 0.15) is 5.41 Å². The van der Waals surface area contributed by atoms with Crippen molar-refractivity contribution in [2.75, 3.05) is 6.54 Å². The van der Waals surface area contributed by atoms with Gasteiger partial charge < -0.3 is 10.0 Å². The molecule has 0 aromatic heterocycles. The van der Waals surface area contributed by atoms with E-state index in [0.717, 1.165) is 16.7 Å². The summed E-state index contributed by atoms with van der Waals surface area (Å²) in [6, 6.07) is 24.1. The SMILES string of the molecule is CC12CC(c3ccc(Cl)cc3)(c3ccc(Cl)cc3)OOC1(O)CN(Cc1ccccc1)C2=O. The number of carbonyl (C=O) groups excluding carboxylic acids is 1. The number of hydrogen-bond donors (Lipinski definition) is 1. The van der Waals surface area contributed by atoms with Gasteiger partial charge in [0.2, 0.25) is 11.7 Å². The number of halogens is 2. The topological polar surface area (TPSA) is 59.0 Å². The molecule has 0 spiro atoms. The molecule has 7 heteroatoms. The summed E-state index contributed by atoms with van der Waals surface area (Å²) in [7, 11) is 0.